The van der Waals surface area contributed by atoms with E-state index in [1.807, 2.05) is 18.2 Å². The van der Waals surface area contributed by atoms with Crippen molar-refractivity contribution < 1.29 is 4.74 Å². The molecule has 0 unspecified atom stereocenters. The predicted octanol–water partition coefficient (Wildman–Crippen LogP) is 3.13. The molecule has 3 N–H and O–H groups in total. The van der Waals surface area contributed by atoms with Crippen LogP contribution in [0.15, 0.2) is 41.9 Å². The first-order chi connectivity index (χ1) is 9.63. The molecule has 0 heterocycles. The number of benzene rings is 1. The van der Waals surface area contributed by atoms with Crippen LogP contribution < -0.4 is 11.1 Å². The topological polar surface area (TPSA) is 59.6 Å². The summed E-state index contributed by atoms with van der Waals surface area (Å²) < 4.78 is 5.36. The summed E-state index contributed by atoms with van der Waals surface area (Å²) >= 11 is 0. The zero-order chi connectivity index (χ0) is 14.8. The summed E-state index contributed by atoms with van der Waals surface area (Å²) in [5.74, 6) is 0.909. The summed E-state index contributed by atoms with van der Waals surface area (Å²) in [5, 5.41) is 3.10. The van der Waals surface area contributed by atoms with E-state index in [0.29, 0.717) is 31.6 Å². The minimum atomic E-state index is 0.415. The van der Waals surface area contributed by atoms with Crippen molar-refractivity contribution in [1.82, 2.24) is 0 Å². The van der Waals surface area contributed by atoms with Crippen LogP contribution >= 0.6 is 0 Å². The largest absolute Gasteiger partial charge is 0.379 e. The van der Waals surface area contributed by atoms with E-state index in [1.165, 1.54) is 5.56 Å². The van der Waals surface area contributed by atoms with Crippen molar-refractivity contribution in [2.45, 2.75) is 26.2 Å². The Morgan fingerprint density at radius 1 is 1.45 bits per heavy atom. The van der Waals surface area contributed by atoms with Crippen LogP contribution in [0.4, 0.5) is 5.69 Å². The number of rotatable bonds is 8. The SMILES string of the molecule is C=CCCOCCN=C(N)Nc1cccc(C(C)C)c1. The molecular weight excluding hydrogens is 250 g/mol. The zero-order valence-electron chi connectivity index (χ0n) is 12.4. The van der Waals surface area contributed by atoms with Crippen LogP contribution in [0.2, 0.25) is 0 Å². The smallest absolute Gasteiger partial charge is 0.193 e. The highest BCUT2D eigenvalue weighted by Crippen LogP contribution is 2.18. The monoisotopic (exact) mass is 275 g/mol. The van der Waals surface area contributed by atoms with Crippen molar-refractivity contribution in [3.05, 3.63) is 42.5 Å². The fraction of sp³-hybridized carbons (Fsp3) is 0.438. The lowest BCUT2D eigenvalue weighted by Gasteiger charge is -2.10. The Kier molecular flexibility index (Phi) is 7.43. The van der Waals surface area contributed by atoms with Gasteiger partial charge in [0.2, 0.25) is 0 Å². The lowest BCUT2D eigenvalue weighted by Crippen LogP contribution is -2.23. The van der Waals surface area contributed by atoms with Gasteiger partial charge in [0.05, 0.1) is 19.8 Å². The van der Waals surface area contributed by atoms with Gasteiger partial charge in [-0.2, -0.15) is 0 Å². The van der Waals surface area contributed by atoms with Crippen LogP contribution in [-0.2, 0) is 4.74 Å². The first-order valence-corrected chi connectivity index (χ1v) is 6.99. The van der Waals surface area contributed by atoms with Gasteiger partial charge >= 0.3 is 0 Å². The maximum Gasteiger partial charge on any atom is 0.193 e. The van der Waals surface area contributed by atoms with Crippen molar-refractivity contribution in [3.63, 3.8) is 0 Å². The number of hydrogen-bond donors (Lipinski definition) is 2. The lowest BCUT2D eigenvalue weighted by molar-refractivity contribution is 0.146. The third kappa shape index (κ3) is 6.38. The first-order valence-electron chi connectivity index (χ1n) is 6.99. The van der Waals surface area contributed by atoms with E-state index in [9.17, 15) is 0 Å². The van der Waals surface area contributed by atoms with Gasteiger partial charge in [-0.05, 0) is 30.0 Å². The number of ether oxygens (including phenoxy) is 1. The van der Waals surface area contributed by atoms with E-state index in [-0.39, 0.29) is 0 Å². The van der Waals surface area contributed by atoms with Gasteiger partial charge in [0.1, 0.15) is 0 Å². The fourth-order valence-electron chi connectivity index (χ4n) is 1.66. The quantitative estimate of drug-likeness (QED) is 0.332. The molecule has 0 aliphatic heterocycles. The van der Waals surface area contributed by atoms with Crippen molar-refractivity contribution >= 4 is 11.6 Å². The highest BCUT2D eigenvalue weighted by Gasteiger charge is 2.00. The number of nitrogens with two attached hydrogens (primary N) is 1. The number of aliphatic imine (C=N–C) groups is 1. The molecule has 0 fully saturated rings. The van der Waals surface area contributed by atoms with Gasteiger partial charge in [0.25, 0.3) is 0 Å². The summed E-state index contributed by atoms with van der Waals surface area (Å²) in [6.07, 6.45) is 2.69. The molecule has 0 radical (unpaired) electrons. The van der Waals surface area contributed by atoms with Crippen LogP contribution in [0.25, 0.3) is 0 Å². The van der Waals surface area contributed by atoms with E-state index in [1.54, 1.807) is 0 Å². The molecule has 0 aliphatic rings. The molecule has 0 atom stereocenters. The normalized spacial score (nSPS) is 11.7. The van der Waals surface area contributed by atoms with Crippen LogP contribution in [0.3, 0.4) is 0 Å². The molecule has 0 saturated heterocycles. The Morgan fingerprint density at radius 3 is 2.95 bits per heavy atom. The summed E-state index contributed by atoms with van der Waals surface area (Å²) in [6, 6.07) is 8.20. The van der Waals surface area contributed by atoms with E-state index in [0.717, 1.165) is 12.1 Å². The van der Waals surface area contributed by atoms with Crippen LogP contribution in [-0.4, -0.2) is 25.7 Å². The third-order valence-electron chi connectivity index (χ3n) is 2.81. The van der Waals surface area contributed by atoms with Crippen LogP contribution in [0, 0.1) is 0 Å². The first kappa shape index (κ1) is 16.2. The molecule has 110 valence electrons. The summed E-state index contributed by atoms with van der Waals surface area (Å²) in [5.41, 5.74) is 8.08. The van der Waals surface area contributed by atoms with Crippen molar-refractivity contribution in [3.8, 4) is 0 Å². The minimum Gasteiger partial charge on any atom is -0.379 e. The maximum absolute atomic E-state index is 5.84. The number of nitrogens with one attached hydrogen (secondary N) is 1. The average Bonchev–Trinajstić information content (AvgIpc) is 2.43. The number of nitrogens with zero attached hydrogens (tertiary/aromatic N) is 1. The van der Waals surface area contributed by atoms with Gasteiger partial charge < -0.3 is 15.8 Å². The highest BCUT2D eigenvalue weighted by atomic mass is 16.5. The molecule has 0 spiro atoms. The standard InChI is InChI=1S/C16H25N3O/c1-4-5-10-20-11-9-18-16(17)19-15-8-6-7-14(12-15)13(2)3/h4,6-8,12-13H,1,5,9-11H2,2-3H3,(H3,17,18,19). The molecule has 0 amide bonds. The van der Waals surface area contributed by atoms with Gasteiger partial charge in [-0.25, -0.2) is 0 Å². The number of anilines is 1. The Hall–Kier alpha value is -1.81. The van der Waals surface area contributed by atoms with Gasteiger partial charge in [0.15, 0.2) is 5.96 Å². The van der Waals surface area contributed by atoms with Gasteiger partial charge in [0, 0.05) is 5.69 Å². The Balaban J connectivity index is 2.39. The van der Waals surface area contributed by atoms with E-state index >= 15 is 0 Å². The third-order valence-corrected chi connectivity index (χ3v) is 2.81. The van der Waals surface area contributed by atoms with Gasteiger partial charge in [-0.15, -0.1) is 6.58 Å². The number of hydrogen-bond acceptors (Lipinski definition) is 2. The summed E-state index contributed by atoms with van der Waals surface area (Å²) in [6.45, 7) is 9.77. The maximum atomic E-state index is 5.84. The Morgan fingerprint density at radius 2 is 2.25 bits per heavy atom. The van der Waals surface area contributed by atoms with E-state index < -0.39 is 0 Å². The molecule has 4 heteroatoms. The predicted molar refractivity (Wildman–Crippen MR) is 86.3 cm³/mol. The van der Waals surface area contributed by atoms with Crippen molar-refractivity contribution in [1.29, 1.82) is 0 Å². The van der Waals surface area contributed by atoms with Crippen LogP contribution in [0.1, 0.15) is 31.7 Å². The van der Waals surface area contributed by atoms with Crippen LogP contribution in [0.5, 0.6) is 0 Å². The molecule has 20 heavy (non-hydrogen) atoms. The van der Waals surface area contributed by atoms with Gasteiger partial charge in [-0.1, -0.05) is 32.1 Å². The molecule has 1 aromatic rings. The molecular formula is C16H25N3O. The lowest BCUT2D eigenvalue weighted by atomic mass is 10.0. The van der Waals surface area contributed by atoms with Crippen molar-refractivity contribution in [2.24, 2.45) is 10.7 Å². The van der Waals surface area contributed by atoms with E-state index in [4.69, 9.17) is 10.5 Å². The summed E-state index contributed by atoms with van der Waals surface area (Å²) in [7, 11) is 0. The van der Waals surface area contributed by atoms with Gasteiger partial charge in [-0.3, -0.25) is 4.99 Å². The minimum absolute atomic E-state index is 0.415. The molecule has 1 aromatic carbocycles. The second kappa shape index (κ2) is 9.15. The molecule has 0 saturated carbocycles. The second-order valence-electron chi connectivity index (χ2n) is 4.86. The number of guanidine groups is 1. The zero-order valence-corrected chi connectivity index (χ0v) is 12.4. The molecule has 0 aromatic heterocycles. The van der Waals surface area contributed by atoms with E-state index in [2.05, 4.69) is 42.9 Å². The fourth-order valence-corrected chi connectivity index (χ4v) is 1.66. The molecule has 0 bridgehead atoms. The average molecular weight is 275 g/mol. The Bertz CT molecular complexity index is 441. The molecule has 4 nitrogen and oxygen atoms in total. The second-order valence-corrected chi connectivity index (χ2v) is 4.86. The molecule has 1 rings (SSSR count). The Labute approximate surface area is 121 Å². The summed E-state index contributed by atoms with van der Waals surface area (Å²) in [4.78, 5) is 4.22. The highest BCUT2D eigenvalue weighted by molar-refractivity contribution is 5.92. The molecule has 0 aliphatic carbocycles. The van der Waals surface area contributed by atoms with Crippen molar-refractivity contribution in [2.75, 3.05) is 25.1 Å².